The Labute approximate surface area is 186 Å². The van der Waals surface area contributed by atoms with Crippen molar-refractivity contribution in [2.75, 3.05) is 27.9 Å². The van der Waals surface area contributed by atoms with Crippen molar-refractivity contribution in [1.82, 2.24) is 4.90 Å². The standard InChI is InChI=1S/C23H27NO8/c1-5-32-21(26)16-11-12-24(13-15-9-7-6-8-10-15)14-17(20(25)29-2)18(16)19(22(27)30-3)23(28)31-4/h6-12,14,16,18-19H,5,13H2,1-4H3/t16-,18-/m0/s1. The van der Waals surface area contributed by atoms with E-state index >= 15 is 0 Å². The number of esters is 4. The van der Waals surface area contributed by atoms with E-state index in [4.69, 9.17) is 18.9 Å². The van der Waals surface area contributed by atoms with Crippen molar-refractivity contribution in [1.29, 1.82) is 0 Å². The van der Waals surface area contributed by atoms with Crippen molar-refractivity contribution < 1.29 is 38.1 Å². The Kier molecular flexibility index (Phi) is 9.00. The van der Waals surface area contributed by atoms with E-state index < -0.39 is 41.6 Å². The lowest BCUT2D eigenvalue weighted by molar-refractivity contribution is -0.163. The molecule has 9 heteroatoms. The molecule has 0 fully saturated rings. The Balaban J connectivity index is 2.65. The van der Waals surface area contributed by atoms with Gasteiger partial charge >= 0.3 is 23.9 Å². The van der Waals surface area contributed by atoms with Crippen LogP contribution in [-0.2, 0) is 44.7 Å². The average Bonchev–Trinajstić information content (AvgIpc) is 2.99. The van der Waals surface area contributed by atoms with E-state index in [1.165, 1.54) is 19.4 Å². The normalized spacial score (nSPS) is 17.8. The molecule has 2 rings (SSSR count). The molecular weight excluding hydrogens is 418 g/mol. The molecule has 0 saturated heterocycles. The van der Waals surface area contributed by atoms with Crippen LogP contribution < -0.4 is 0 Å². The number of benzene rings is 1. The third-order valence-electron chi connectivity index (χ3n) is 4.99. The van der Waals surface area contributed by atoms with Crippen LogP contribution in [0.15, 0.2) is 54.4 Å². The van der Waals surface area contributed by atoms with Gasteiger partial charge in [-0.05, 0) is 12.5 Å². The molecule has 0 amide bonds. The van der Waals surface area contributed by atoms with E-state index in [0.717, 1.165) is 19.8 Å². The summed E-state index contributed by atoms with van der Waals surface area (Å²) in [6.07, 6.45) is 4.55. The number of hydrogen-bond acceptors (Lipinski definition) is 9. The van der Waals surface area contributed by atoms with Crippen molar-refractivity contribution in [3.05, 3.63) is 59.9 Å². The van der Waals surface area contributed by atoms with Crippen LogP contribution in [0.3, 0.4) is 0 Å². The van der Waals surface area contributed by atoms with Gasteiger partial charge < -0.3 is 23.8 Å². The Hall–Kier alpha value is -3.62. The molecule has 0 spiro atoms. The fourth-order valence-electron chi connectivity index (χ4n) is 3.52. The topological polar surface area (TPSA) is 108 Å². The van der Waals surface area contributed by atoms with Gasteiger partial charge in [0.05, 0.1) is 39.4 Å². The molecule has 172 valence electrons. The number of carbonyl (C=O) groups is 4. The van der Waals surface area contributed by atoms with Crippen LogP contribution in [0, 0.1) is 17.8 Å². The van der Waals surface area contributed by atoms with Crippen LogP contribution >= 0.6 is 0 Å². The molecule has 0 bridgehead atoms. The zero-order valence-corrected chi connectivity index (χ0v) is 18.5. The summed E-state index contributed by atoms with van der Waals surface area (Å²) in [7, 11) is 3.38. The second-order valence-electron chi connectivity index (χ2n) is 6.90. The molecule has 9 nitrogen and oxygen atoms in total. The first-order valence-electron chi connectivity index (χ1n) is 9.98. The van der Waals surface area contributed by atoms with Gasteiger partial charge in [0.25, 0.3) is 0 Å². The van der Waals surface area contributed by atoms with Crippen LogP contribution in [0.25, 0.3) is 0 Å². The van der Waals surface area contributed by atoms with Crippen LogP contribution in [0.1, 0.15) is 12.5 Å². The number of carbonyl (C=O) groups excluding carboxylic acids is 4. The first kappa shape index (κ1) is 24.6. The van der Waals surface area contributed by atoms with E-state index in [-0.39, 0.29) is 12.2 Å². The van der Waals surface area contributed by atoms with E-state index in [2.05, 4.69) is 0 Å². The molecule has 32 heavy (non-hydrogen) atoms. The summed E-state index contributed by atoms with van der Waals surface area (Å²) in [5.41, 5.74) is 0.869. The Morgan fingerprint density at radius 3 is 2.12 bits per heavy atom. The number of rotatable bonds is 8. The van der Waals surface area contributed by atoms with E-state index in [0.29, 0.717) is 6.54 Å². The lowest BCUT2D eigenvalue weighted by Gasteiger charge is -2.28. The lowest BCUT2D eigenvalue weighted by Crippen LogP contribution is -2.42. The van der Waals surface area contributed by atoms with Gasteiger partial charge in [-0.2, -0.15) is 0 Å². The Morgan fingerprint density at radius 1 is 0.969 bits per heavy atom. The molecular formula is C23H27NO8. The van der Waals surface area contributed by atoms with E-state index in [1.807, 2.05) is 30.3 Å². The van der Waals surface area contributed by atoms with Crippen molar-refractivity contribution in [2.45, 2.75) is 13.5 Å². The molecule has 1 aliphatic rings. The minimum Gasteiger partial charge on any atom is -0.468 e. The molecule has 0 saturated carbocycles. The highest BCUT2D eigenvalue weighted by atomic mass is 16.5. The van der Waals surface area contributed by atoms with Gasteiger partial charge in [-0.3, -0.25) is 14.4 Å². The van der Waals surface area contributed by atoms with Crippen molar-refractivity contribution in [3.8, 4) is 0 Å². The zero-order chi connectivity index (χ0) is 23.7. The highest BCUT2D eigenvalue weighted by Crippen LogP contribution is 2.36. The van der Waals surface area contributed by atoms with E-state index in [9.17, 15) is 19.2 Å². The highest BCUT2D eigenvalue weighted by Gasteiger charge is 2.48. The predicted octanol–water partition coefficient (Wildman–Crippen LogP) is 1.83. The van der Waals surface area contributed by atoms with Gasteiger partial charge in [-0.1, -0.05) is 36.4 Å². The van der Waals surface area contributed by atoms with Gasteiger partial charge in [0.15, 0.2) is 5.92 Å². The summed E-state index contributed by atoms with van der Waals surface area (Å²) in [6, 6.07) is 9.42. The monoisotopic (exact) mass is 445 g/mol. The van der Waals surface area contributed by atoms with E-state index in [1.54, 1.807) is 18.0 Å². The predicted molar refractivity (Wildman–Crippen MR) is 112 cm³/mol. The van der Waals surface area contributed by atoms with Gasteiger partial charge in [0.1, 0.15) is 0 Å². The first-order valence-corrected chi connectivity index (χ1v) is 9.98. The minimum absolute atomic E-state index is 0.0627. The zero-order valence-electron chi connectivity index (χ0n) is 18.5. The second-order valence-corrected chi connectivity index (χ2v) is 6.90. The SMILES string of the molecule is CCOC(=O)[C@H]1C=CN(Cc2ccccc2)C=C(C(=O)OC)[C@H]1C(C(=O)OC)C(=O)OC. The fraction of sp³-hybridized carbons (Fsp3) is 0.391. The molecule has 0 N–H and O–H groups in total. The van der Waals surface area contributed by atoms with Crippen molar-refractivity contribution in [2.24, 2.45) is 17.8 Å². The number of ether oxygens (including phenoxy) is 4. The largest absolute Gasteiger partial charge is 0.468 e. The maximum absolute atomic E-state index is 12.8. The summed E-state index contributed by atoms with van der Waals surface area (Å²) in [5, 5.41) is 0. The second kappa shape index (κ2) is 11.7. The molecule has 1 aliphatic heterocycles. The number of nitrogens with zero attached hydrogens (tertiary/aromatic N) is 1. The third kappa shape index (κ3) is 5.75. The van der Waals surface area contributed by atoms with Crippen LogP contribution in [0.5, 0.6) is 0 Å². The summed E-state index contributed by atoms with van der Waals surface area (Å²) in [4.78, 5) is 52.5. The molecule has 1 heterocycles. The van der Waals surface area contributed by atoms with Gasteiger partial charge in [0, 0.05) is 24.9 Å². The quantitative estimate of drug-likeness (QED) is 0.336. The van der Waals surface area contributed by atoms with Gasteiger partial charge in [0.2, 0.25) is 0 Å². The fourth-order valence-corrected chi connectivity index (χ4v) is 3.52. The van der Waals surface area contributed by atoms with Gasteiger partial charge in [-0.25, -0.2) is 4.79 Å². The highest BCUT2D eigenvalue weighted by molar-refractivity contribution is 6.00. The molecule has 0 aromatic heterocycles. The Bertz CT molecular complexity index is 877. The average molecular weight is 445 g/mol. The van der Waals surface area contributed by atoms with Crippen molar-refractivity contribution >= 4 is 23.9 Å². The Morgan fingerprint density at radius 2 is 1.59 bits per heavy atom. The number of methoxy groups -OCH3 is 3. The summed E-state index contributed by atoms with van der Waals surface area (Å²) in [5.74, 6) is -7.41. The number of hydrogen-bond donors (Lipinski definition) is 0. The van der Waals surface area contributed by atoms with Crippen molar-refractivity contribution in [3.63, 3.8) is 0 Å². The summed E-state index contributed by atoms with van der Waals surface area (Å²) >= 11 is 0. The molecule has 2 atom stereocenters. The molecule has 0 unspecified atom stereocenters. The maximum Gasteiger partial charge on any atom is 0.335 e. The van der Waals surface area contributed by atoms with Crippen LogP contribution in [0.4, 0.5) is 0 Å². The van der Waals surface area contributed by atoms with Crippen LogP contribution in [-0.4, -0.2) is 56.7 Å². The van der Waals surface area contributed by atoms with Crippen LogP contribution in [0.2, 0.25) is 0 Å². The molecule has 0 radical (unpaired) electrons. The minimum atomic E-state index is -1.59. The summed E-state index contributed by atoms with van der Waals surface area (Å²) in [6.45, 7) is 2.06. The lowest BCUT2D eigenvalue weighted by atomic mass is 9.76. The smallest absolute Gasteiger partial charge is 0.335 e. The molecule has 1 aromatic carbocycles. The molecule has 0 aliphatic carbocycles. The first-order chi connectivity index (χ1) is 15.4. The summed E-state index contributed by atoms with van der Waals surface area (Å²) < 4.78 is 19.7. The molecule has 1 aromatic rings. The third-order valence-corrected chi connectivity index (χ3v) is 4.99. The maximum atomic E-state index is 12.8. The van der Waals surface area contributed by atoms with Gasteiger partial charge in [-0.15, -0.1) is 0 Å².